The zero-order chi connectivity index (χ0) is 20.8. The van der Waals surface area contributed by atoms with Crippen molar-refractivity contribution in [1.82, 2.24) is 0 Å². The van der Waals surface area contributed by atoms with Crippen molar-refractivity contribution in [3.8, 4) is 0 Å². The largest absolute Gasteiger partial charge is 0.465 e. The molecule has 4 nitrogen and oxygen atoms in total. The van der Waals surface area contributed by atoms with E-state index in [1.165, 1.54) is 0 Å². The van der Waals surface area contributed by atoms with Gasteiger partial charge in [0.25, 0.3) is 0 Å². The average molecular weight is 386 g/mol. The van der Waals surface area contributed by atoms with Crippen LogP contribution in [-0.4, -0.2) is 31.3 Å². The van der Waals surface area contributed by atoms with Gasteiger partial charge in [-0.05, 0) is 51.3 Å². The average Bonchev–Trinajstić information content (AvgIpc) is 2.51. The second-order valence-corrected chi connectivity index (χ2v) is 6.22. The van der Waals surface area contributed by atoms with E-state index in [-0.39, 0.29) is 19.3 Å². The van der Waals surface area contributed by atoms with Crippen LogP contribution in [0.2, 0.25) is 0 Å². The van der Waals surface area contributed by atoms with Crippen LogP contribution in [0.5, 0.6) is 0 Å². The van der Waals surface area contributed by atoms with Crippen molar-refractivity contribution in [3.63, 3.8) is 0 Å². The minimum atomic E-state index is -4.58. The van der Waals surface area contributed by atoms with Gasteiger partial charge < -0.3 is 9.47 Å². The van der Waals surface area contributed by atoms with E-state index in [1.807, 2.05) is 6.92 Å². The number of allylic oxidation sites excluding steroid dienone is 2. The van der Waals surface area contributed by atoms with Gasteiger partial charge in [0.1, 0.15) is 0 Å². The van der Waals surface area contributed by atoms with E-state index in [1.54, 1.807) is 39.8 Å². The molecule has 1 aromatic carbocycles. The van der Waals surface area contributed by atoms with E-state index in [0.717, 1.165) is 11.6 Å². The fourth-order valence-corrected chi connectivity index (χ4v) is 3.16. The van der Waals surface area contributed by atoms with Gasteiger partial charge in [-0.15, -0.1) is 0 Å². The standard InChI is InChI=1S/C20H25F3O4/c1-6-26-18(24)17(19(25)27-7-2)15(8-9-20(21,22)23)16-13(4)10-12(3)11-14(16)5/h8-11,15,17H,6-7H2,1-5H3/b9-8+. The first-order valence-electron chi connectivity index (χ1n) is 8.68. The lowest BCUT2D eigenvalue weighted by Gasteiger charge is -2.25. The Kier molecular flexibility index (Phi) is 8.06. The molecule has 0 amide bonds. The number of esters is 2. The van der Waals surface area contributed by atoms with E-state index in [0.29, 0.717) is 16.7 Å². The summed E-state index contributed by atoms with van der Waals surface area (Å²) < 4.78 is 48.4. The number of hydrogen-bond acceptors (Lipinski definition) is 4. The Morgan fingerprint density at radius 3 is 1.81 bits per heavy atom. The van der Waals surface area contributed by atoms with Crippen LogP contribution in [0.3, 0.4) is 0 Å². The van der Waals surface area contributed by atoms with Gasteiger partial charge in [-0.1, -0.05) is 23.8 Å². The van der Waals surface area contributed by atoms with Crippen molar-refractivity contribution in [1.29, 1.82) is 0 Å². The number of ether oxygens (including phenoxy) is 2. The normalized spacial score (nSPS) is 13.1. The van der Waals surface area contributed by atoms with E-state index < -0.39 is 30.0 Å². The maximum atomic E-state index is 12.8. The Balaban J connectivity index is 3.61. The summed E-state index contributed by atoms with van der Waals surface area (Å²) in [5.41, 5.74) is 2.77. The zero-order valence-electron chi connectivity index (χ0n) is 16.1. The highest BCUT2D eigenvalue weighted by atomic mass is 19.4. The smallest absolute Gasteiger partial charge is 0.409 e. The summed E-state index contributed by atoms with van der Waals surface area (Å²) in [7, 11) is 0. The van der Waals surface area contributed by atoms with E-state index in [9.17, 15) is 22.8 Å². The highest BCUT2D eigenvalue weighted by Gasteiger charge is 2.39. The van der Waals surface area contributed by atoms with Crippen LogP contribution in [0.4, 0.5) is 13.2 Å². The van der Waals surface area contributed by atoms with Gasteiger partial charge in [-0.2, -0.15) is 13.2 Å². The predicted octanol–water partition coefficient (Wildman–Crippen LogP) is 4.56. The first-order valence-corrected chi connectivity index (χ1v) is 8.68. The molecule has 1 atom stereocenters. The molecule has 0 aliphatic rings. The molecule has 0 fully saturated rings. The lowest BCUT2D eigenvalue weighted by atomic mass is 9.80. The molecule has 150 valence electrons. The van der Waals surface area contributed by atoms with Crippen molar-refractivity contribution < 1.29 is 32.2 Å². The highest BCUT2D eigenvalue weighted by Crippen LogP contribution is 2.35. The SMILES string of the molecule is CCOC(=O)C(C(=O)OCC)C(/C=C/C(F)(F)F)c1c(C)cc(C)cc1C. The third-order valence-electron chi connectivity index (χ3n) is 4.00. The van der Waals surface area contributed by atoms with Crippen LogP contribution in [0.15, 0.2) is 24.3 Å². The number of halogens is 3. The topological polar surface area (TPSA) is 52.6 Å². The highest BCUT2D eigenvalue weighted by molar-refractivity contribution is 5.96. The van der Waals surface area contributed by atoms with Gasteiger partial charge >= 0.3 is 18.1 Å². The third-order valence-corrected chi connectivity index (χ3v) is 4.00. The van der Waals surface area contributed by atoms with Crippen LogP contribution in [0.1, 0.15) is 42.0 Å². The lowest BCUT2D eigenvalue weighted by Crippen LogP contribution is -2.33. The quantitative estimate of drug-likeness (QED) is 0.392. The number of benzene rings is 1. The maximum absolute atomic E-state index is 12.8. The fraction of sp³-hybridized carbons (Fsp3) is 0.500. The molecule has 0 spiro atoms. The summed E-state index contributed by atoms with van der Waals surface area (Å²) in [5.74, 6) is -4.51. The molecule has 0 bridgehead atoms. The first-order chi connectivity index (χ1) is 12.5. The van der Waals surface area contributed by atoms with Gasteiger partial charge in [0.15, 0.2) is 5.92 Å². The molecule has 0 heterocycles. The molecular formula is C20H25F3O4. The van der Waals surface area contributed by atoms with Gasteiger partial charge in [0.05, 0.1) is 13.2 Å². The lowest BCUT2D eigenvalue weighted by molar-refractivity contribution is -0.162. The Labute approximate surface area is 157 Å². The molecule has 0 aliphatic carbocycles. The van der Waals surface area contributed by atoms with E-state index in [4.69, 9.17) is 9.47 Å². The third kappa shape index (κ3) is 6.41. The molecule has 0 aliphatic heterocycles. The number of rotatable bonds is 7. The van der Waals surface area contributed by atoms with Crippen LogP contribution >= 0.6 is 0 Å². The molecule has 0 saturated carbocycles. The van der Waals surface area contributed by atoms with Crippen molar-refractivity contribution in [2.24, 2.45) is 5.92 Å². The second-order valence-electron chi connectivity index (χ2n) is 6.22. The van der Waals surface area contributed by atoms with E-state index >= 15 is 0 Å². The van der Waals surface area contributed by atoms with Gasteiger partial charge in [0, 0.05) is 12.0 Å². The molecular weight excluding hydrogens is 361 g/mol. The van der Waals surface area contributed by atoms with Crippen LogP contribution in [-0.2, 0) is 19.1 Å². The Morgan fingerprint density at radius 2 is 1.44 bits per heavy atom. The molecule has 27 heavy (non-hydrogen) atoms. The van der Waals surface area contributed by atoms with Gasteiger partial charge in [0.2, 0.25) is 0 Å². The maximum Gasteiger partial charge on any atom is 0.409 e. The minimum Gasteiger partial charge on any atom is -0.465 e. The second kappa shape index (κ2) is 9.58. The molecule has 1 rings (SSSR count). The number of hydrogen-bond donors (Lipinski definition) is 0. The summed E-state index contributed by atoms with van der Waals surface area (Å²) in [5, 5.41) is 0. The Bertz CT molecular complexity index is 667. The number of aryl methyl sites for hydroxylation is 3. The summed E-state index contributed by atoms with van der Waals surface area (Å²) in [6, 6.07) is 3.59. The summed E-state index contributed by atoms with van der Waals surface area (Å²) in [4.78, 5) is 24.9. The van der Waals surface area contributed by atoms with Crippen LogP contribution < -0.4 is 0 Å². The van der Waals surface area contributed by atoms with Crippen molar-refractivity contribution in [3.05, 3.63) is 46.5 Å². The molecule has 1 aromatic rings. The van der Waals surface area contributed by atoms with Gasteiger partial charge in [-0.25, -0.2) is 0 Å². The first kappa shape index (κ1) is 22.7. The van der Waals surface area contributed by atoms with Crippen molar-refractivity contribution in [2.45, 2.75) is 46.7 Å². The summed E-state index contributed by atoms with van der Waals surface area (Å²) in [6.45, 7) is 8.44. The monoisotopic (exact) mass is 386 g/mol. The van der Waals surface area contributed by atoms with E-state index in [2.05, 4.69) is 0 Å². The molecule has 0 saturated heterocycles. The molecule has 7 heteroatoms. The molecule has 0 radical (unpaired) electrons. The Hall–Kier alpha value is -2.31. The number of carbonyl (C=O) groups excluding carboxylic acids is 2. The summed E-state index contributed by atoms with van der Waals surface area (Å²) in [6.07, 6.45) is -3.70. The minimum absolute atomic E-state index is 0.00367. The predicted molar refractivity (Wildman–Crippen MR) is 95.3 cm³/mol. The zero-order valence-corrected chi connectivity index (χ0v) is 16.1. The molecule has 1 unspecified atom stereocenters. The van der Waals surface area contributed by atoms with Gasteiger partial charge in [-0.3, -0.25) is 9.59 Å². The van der Waals surface area contributed by atoms with Crippen molar-refractivity contribution in [2.75, 3.05) is 13.2 Å². The van der Waals surface area contributed by atoms with Crippen LogP contribution in [0.25, 0.3) is 0 Å². The Morgan fingerprint density at radius 1 is 1.00 bits per heavy atom. The summed E-state index contributed by atoms with van der Waals surface area (Å²) >= 11 is 0. The number of alkyl halides is 3. The molecule has 0 aromatic heterocycles. The number of carbonyl (C=O) groups is 2. The van der Waals surface area contributed by atoms with Crippen LogP contribution in [0, 0.1) is 26.7 Å². The fourth-order valence-electron chi connectivity index (χ4n) is 3.16. The van der Waals surface area contributed by atoms with Crippen molar-refractivity contribution >= 4 is 11.9 Å². The molecule has 0 N–H and O–H groups in total.